The number of para-hydroxylation sites is 1. The molecule has 1 atom stereocenters. The molecule has 0 amide bonds. The van der Waals surface area contributed by atoms with E-state index in [0.29, 0.717) is 0 Å². The van der Waals surface area contributed by atoms with E-state index in [0.717, 1.165) is 5.69 Å². The van der Waals surface area contributed by atoms with E-state index in [-0.39, 0.29) is 10.8 Å². The zero-order valence-electron chi connectivity index (χ0n) is 27.5. The summed E-state index contributed by atoms with van der Waals surface area (Å²) in [6.45, 7) is 7.02. The summed E-state index contributed by atoms with van der Waals surface area (Å²) >= 11 is 0. The fraction of sp³-hybridized carbons (Fsp3) is 0.106. The average Bonchev–Trinajstić information content (AvgIpc) is 3.68. The molecule has 0 bridgehead atoms. The van der Waals surface area contributed by atoms with Crippen molar-refractivity contribution >= 4 is 17.1 Å². The highest BCUT2D eigenvalue weighted by atomic mass is 15.1. The van der Waals surface area contributed by atoms with E-state index in [4.69, 9.17) is 0 Å². The molecule has 0 aromatic heterocycles. The Labute approximate surface area is 282 Å². The van der Waals surface area contributed by atoms with E-state index >= 15 is 0 Å². The van der Waals surface area contributed by atoms with Gasteiger partial charge in [0.2, 0.25) is 0 Å². The van der Waals surface area contributed by atoms with Gasteiger partial charge in [0, 0.05) is 22.5 Å². The molecule has 0 N–H and O–H groups in total. The standard InChI is InChI=1S/C47H35N/c1-30-14-13-20-39-36-19-9-12-23-42(36)47(45(30)39)41-22-11-8-18-35(41)38-27-25-33(29-44(38)47)48(31-15-5-4-6-16-31)32-24-26-37-34-17-7-10-21-40(34)46(2,3)43(37)28-32/h4-29H,1-3H3. The Morgan fingerprint density at radius 1 is 0.375 bits per heavy atom. The zero-order valence-corrected chi connectivity index (χ0v) is 27.5. The van der Waals surface area contributed by atoms with Gasteiger partial charge in [0.15, 0.2) is 0 Å². The van der Waals surface area contributed by atoms with Crippen molar-refractivity contribution in [2.75, 3.05) is 4.90 Å². The minimum Gasteiger partial charge on any atom is -0.310 e. The SMILES string of the molecule is Cc1cccc2c1C1(c3ccccc3-c3ccc(N(c4ccccc4)c4ccc5c(c4)C(C)(C)c4ccccc4-5)cc31)c1ccccc1-2. The number of rotatable bonds is 3. The molecule has 228 valence electrons. The first-order valence-electron chi connectivity index (χ1n) is 17.0. The van der Waals surface area contributed by atoms with Gasteiger partial charge in [-0.25, -0.2) is 0 Å². The zero-order chi connectivity index (χ0) is 32.2. The summed E-state index contributed by atoms with van der Waals surface area (Å²) < 4.78 is 0. The lowest BCUT2D eigenvalue weighted by Crippen LogP contribution is -2.27. The average molecular weight is 614 g/mol. The van der Waals surface area contributed by atoms with Crippen molar-refractivity contribution in [1.82, 2.24) is 0 Å². The van der Waals surface area contributed by atoms with Gasteiger partial charge in [-0.2, -0.15) is 0 Å². The van der Waals surface area contributed by atoms with Crippen LogP contribution in [0, 0.1) is 6.92 Å². The van der Waals surface area contributed by atoms with E-state index in [1.54, 1.807) is 0 Å². The van der Waals surface area contributed by atoms with Crippen LogP contribution in [0.5, 0.6) is 0 Å². The number of nitrogens with zero attached hydrogens (tertiary/aromatic N) is 1. The number of hydrogen-bond donors (Lipinski definition) is 0. The maximum absolute atomic E-state index is 2.49. The molecule has 7 aromatic rings. The van der Waals surface area contributed by atoms with E-state index in [9.17, 15) is 0 Å². The van der Waals surface area contributed by atoms with Crippen LogP contribution in [0.25, 0.3) is 33.4 Å². The minimum atomic E-state index is -0.386. The Balaban J connectivity index is 1.24. The summed E-state index contributed by atoms with van der Waals surface area (Å²) in [6, 6.07) is 59.0. The Morgan fingerprint density at radius 3 is 1.52 bits per heavy atom. The molecule has 7 aromatic carbocycles. The molecule has 0 saturated carbocycles. The van der Waals surface area contributed by atoms with Gasteiger partial charge in [-0.05, 0) is 116 Å². The summed E-state index contributed by atoms with van der Waals surface area (Å²) in [4.78, 5) is 2.45. The van der Waals surface area contributed by atoms with Crippen molar-refractivity contribution in [3.05, 3.63) is 197 Å². The van der Waals surface area contributed by atoms with E-state index in [1.807, 2.05) is 0 Å². The van der Waals surface area contributed by atoms with Gasteiger partial charge in [-0.15, -0.1) is 0 Å². The second kappa shape index (κ2) is 9.69. The van der Waals surface area contributed by atoms with Crippen molar-refractivity contribution in [2.45, 2.75) is 31.6 Å². The highest BCUT2D eigenvalue weighted by Crippen LogP contribution is 2.64. The number of anilines is 3. The fourth-order valence-electron chi connectivity index (χ4n) is 9.39. The van der Waals surface area contributed by atoms with Crippen LogP contribution in [-0.4, -0.2) is 0 Å². The summed E-state index contributed by atoms with van der Waals surface area (Å²) in [6.07, 6.45) is 0. The van der Waals surface area contributed by atoms with Gasteiger partial charge in [-0.3, -0.25) is 0 Å². The van der Waals surface area contributed by atoms with Gasteiger partial charge in [0.05, 0.1) is 5.41 Å². The summed E-state index contributed by atoms with van der Waals surface area (Å²) in [5.74, 6) is 0. The van der Waals surface area contributed by atoms with Crippen molar-refractivity contribution in [3.8, 4) is 33.4 Å². The molecule has 1 unspecified atom stereocenters. The van der Waals surface area contributed by atoms with E-state index < -0.39 is 0 Å². The molecule has 0 radical (unpaired) electrons. The smallest absolute Gasteiger partial charge is 0.0728 e. The Bertz CT molecular complexity index is 2440. The maximum Gasteiger partial charge on any atom is 0.0728 e. The molecule has 3 aliphatic rings. The van der Waals surface area contributed by atoms with E-state index in [1.165, 1.54) is 83.7 Å². The lowest BCUT2D eigenvalue weighted by molar-refractivity contribution is 0.660. The first kappa shape index (κ1) is 27.5. The normalized spacial score (nSPS) is 16.9. The second-order valence-electron chi connectivity index (χ2n) is 14.1. The molecule has 10 rings (SSSR count). The first-order valence-corrected chi connectivity index (χ1v) is 17.0. The molecule has 0 aliphatic heterocycles. The molecule has 0 fully saturated rings. The van der Waals surface area contributed by atoms with Gasteiger partial charge in [0.25, 0.3) is 0 Å². The largest absolute Gasteiger partial charge is 0.310 e. The maximum atomic E-state index is 2.49. The molecule has 1 spiro atoms. The van der Waals surface area contributed by atoms with Crippen LogP contribution < -0.4 is 4.90 Å². The van der Waals surface area contributed by atoms with Crippen molar-refractivity contribution < 1.29 is 0 Å². The summed E-state index contributed by atoms with van der Waals surface area (Å²) in [7, 11) is 0. The van der Waals surface area contributed by atoms with Crippen LogP contribution in [0.4, 0.5) is 17.1 Å². The van der Waals surface area contributed by atoms with Crippen LogP contribution >= 0.6 is 0 Å². The van der Waals surface area contributed by atoms with Crippen LogP contribution in [0.2, 0.25) is 0 Å². The van der Waals surface area contributed by atoms with Crippen LogP contribution in [0.3, 0.4) is 0 Å². The van der Waals surface area contributed by atoms with Gasteiger partial charge in [0.1, 0.15) is 0 Å². The van der Waals surface area contributed by atoms with Gasteiger partial charge in [-0.1, -0.05) is 135 Å². The topological polar surface area (TPSA) is 3.24 Å². The summed E-state index contributed by atoms with van der Waals surface area (Å²) in [5, 5.41) is 0. The number of benzene rings is 7. The Morgan fingerprint density at radius 2 is 0.854 bits per heavy atom. The lowest BCUT2D eigenvalue weighted by atomic mass is 9.69. The highest BCUT2D eigenvalue weighted by Gasteiger charge is 2.52. The Kier molecular flexibility index (Phi) is 5.54. The molecular formula is C47H35N. The number of hydrogen-bond acceptors (Lipinski definition) is 1. The third-order valence-corrected chi connectivity index (χ3v) is 11.4. The molecule has 1 heteroatoms. The quantitative estimate of drug-likeness (QED) is 0.192. The number of aryl methyl sites for hydroxylation is 1. The number of fused-ring (bicyclic) bond motifs is 13. The van der Waals surface area contributed by atoms with Crippen molar-refractivity contribution in [1.29, 1.82) is 0 Å². The van der Waals surface area contributed by atoms with Crippen LogP contribution in [-0.2, 0) is 10.8 Å². The highest BCUT2D eigenvalue weighted by molar-refractivity contribution is 5.97. The van der Waals surface area contributed by atoms with Crippen LogP contribution in [0.15, 0.2) is 158 Å². The third kappa shape index (κ3) is 3.41. The molecule has 0 saturated heterocycles. The molecule has 1 nitrogen and oxygen atoms in total. The minimum absolute atomic E-state index is 0.0806. The predicted octanol–water partition coefficient (Wildman–Crippen LogP) is 12.1. The van der Waals surface area contributed by atoms with Gasteiger partial charge < -0.3 is 4.90 Å². The molecule has 48 heavy (non-hydrogen) atoms. The monoisotopic (exact) mass is 613 g/mol. The third-order valence-electron chi connectivity index (χ3n) is 11.4. The first-order chi connectivity index (χ1) is 23.5. The van der Waals surface area contributed by atoms with Gasteiger partial charge >= 0.3 is 0 Å². The second-order valence-corrected chi connectivity index (χ2v) is 14.1. The fourth-order valence-corrected chi connectivity index (χ4v) is 9.39. The van der Waals surface area contributed by atoms with Crippen molar-refractivity contribution in [2.24, 2.45) is 0 Å². The Hall–Kier alpha value is -5.66. The van der Waals surface area contributed by atoms with E-state index in [2.05, 4.69) is 183 Å². The molecule has 3 aliphatic carbocycles. The van der Waals surface area contributed by atoms with Crippen LogP contribution in [0.1, 0.15) is 52.8 Å². The predicted molar refractivity (Wildman–Crippen MR) is 200 cm³/mol. The van der Waals surface area contributed by atoms with Crippen molar-refractivity contribution in [3.63, 3.8) is 0 Å². The summed E-state index contributed by atoms with van der Waals surface area (Å²) in [5.41, 5.74) is 20.7. The molecular weight excluding hydrogens is 579 g/mol. The lowest BCUT2D eigenvalue weighted by Gasteiger charge is -2.33. The molecule has 0 heterocycles.